The Balaban J connectivity index is 1.89. The van der Waals surface area contributed by atoms with Gasteiger partial charge < -0.3 is 20.1 Å². The Labute approximate surface area is 159 Å². The van der Waals surface area contributed by atoms with Gasteiger partial charge in [-0.1, -0.05) is 6.07 Å². The zero-order valence-corrected chi connectivity index (χ0v) is 16.3. The minimum atomic E-state index is 0.480. The molecule has 0 saturated carbocycles. The van der Waals surface area contributed by atoms with Crippen LogP contribution < -0.4 is 20.1 Å². The van der Waals surface area contributed by atoms with Gasteiger partial charge in [0, 0.05) is 23.5 Å². The van der Waals surface area contributed by atoms with E-state index in [1.54, 1.807) is 14.2 Å². The summed E-state index contributed by atoms with van der Waals surface area (Å²) >= 11 is 0. The number of hydrogen-bond donors (Lipinski definition) is 2. The van der Waals surface area contributed by atoms with Crippen LogP contribution in [0.4, 0.5) is 23.1 Å². The Bertz CT molecular complexity index is 937. The van der Waals surface area contributed by atoms with Gasteiger partial charge in [0.05, 0.1) is 19.9 Å². The fourth-order valence-corrected chi connectivity index (χ4v) is 2.92. The standard InChI is InChI=1S/C21H24N4O2/c1-13-8-14(2)10-16(9-13)23-20-11-15(3)22-21(25-20)24-18-12-17(26-4)6-7-19(18)27-5/h6-12H,1-5H3,(H2,22,23,24,25). The van der Waals surface area contributed by atoms with Crippen LogP contribution in [-0.2, 0) is 0 Å². The minimum Gasteiger partial charge on any atom is -0.497 e. The smallest absolute Gasteiger partial charge is 0.229 e. The lowest BCUT2D eigenvalue weighted by atomic mass is 10.1. The number of rotatable bonds is 6. The molecule has 1 aromatic heterocycles. The maximum atomic E-state index is 5.41. The summed E-state index contributed by atoms with van der Waals surface area (Å²) in [6.07, 6.45) is 0. The zero-order valence-electron chi connectivity index (χ0n) is 16.3. The van der Waals surface area contributed by atoms with Crippen LogP contribution in [-0.4, -0.2) is 24.2 Å². The molecular formula is C21H24N4O2. The van der Waals surface area contributed by atoms with E-state index < -0.39 is 0 Å². The van der Waals surface area contributed by atoms with Crippen molar-refractivity contribution in [2.24, 2.45) is 0 Å². The molecule has 6 nitrogen and oxygen atoms in total. The van der Waals surface area contributed by atoms with Crippen LogP contribution in [0.5, 0.6) is 11.5 Å². The highest BCUT2D eigenvalue weighted by Crippen LogP contribution is 2.31. The molecule has 0 bridgehead atoms. The second kappa shape index (κ2) is 7.95. The molecule has 0 atom stereocenters. The predicted octanol–water partition coefficient (Wildman–Crippen LogP) is 4.91. The van der Waals surface area contributed by atoms with Gasteiger partial charge in [-0.05, 0) is 56.2 Å². The van der Waals surface area contributed by atoms with Crippen molar-refractivity contribution in [2.75, 3.05) is 24.9 Å². The Morgan fingerprint density at radius 2 is 1.52 bits per heavy atom. The van der Waals surface area contributed by atoms with E-state index >= 15 is 0 Å². The largest absolute Gasteiger partial charge is 0.497 e. The Morgan fingerprint density at radius 3 is 2.19 bits per heavy atom. The zero-order chi connectivity index (χ0) is 19.4. The topological polar surface area (TPSA) is 68.3 Å². The van der Waals surface area contributed by atoms with E-state index in [-0.39, 0.29) is 0 Å². The summed E-state index contributed by atoms with van der Waals surface area (Å²) in [7, 11) is 3.25. The summed E-state index contributed by atoms with van der Waals surface area (Å²) in [5, 5.41) is 6.58. The molecule has 2 aromatic carbocycles. The lowest BCUT2D eigenvalue weighted by Gasteiger charge is -2.13. The van der Waals surface area contributed by atoms with Crippen LogP contribution in [0.3, 0.4) is 0 Å². The first kappa shape index (κ1) is 18.5. The molecule has 0 aliphatic rings. The van der Waals surface area contributed by atoms with E-state index in [2.05, 4.69) is 52.6 Å². The summed E-state index contributed by atoms with van der Waals surface area (Å²) < 4.78 is 10.7. The molecule has 6 heteroatoms. The first-order chi connectivity index (χ1) is 13.0. The average Bonchev–Trinajstić information content (AvgIpc) is 2.60. The van der Waals surface area contributed by atoms with Crippen LogP contribution in [0.1, 0.15) is 16.8 Å². The number of aromatic nitrogens is 2. The van der Waals surface area contributed by atoms with Crippen LogP contribution in [0.25, 0.3) is 0 Å². The van der Waals surface area contributed by atoms with E-state index in [1.807, 2.05) is 31.2 Å². The highest BCUT2D eigenvalue weighted by molar-refractivity contribution is 5.66. The maximum Gasteiger partial charge on any atom is 0.229 e. The van der Waals surface area contributed by atoms with E-state index in [0.717, 1.165) is 28.6 Å². The molecule has 0 radical (unpaired) electrons. The first-order valence-electron chi connectivity index (χ1n) is 8.67. The normalized spacial score (nSPS) is 10.4. The van der Waals surface area contributed by atoms with Crippen molar-refractivity contribution in [2.45, 2.75) is 20.8 Å². The van der Waals surface area contributed by atoms with Gasteiger partial charge in [-0.25, -0.2) is 4.98 Å². The van der Waals surface area contributed by atoms with E-state index in [1.165, 1.54) is 11.1 Å². The van der Waals surface area contributed by atoms with Crippen molar-refractivity contribution in [3.63, 3.8) is 0 Å². The number of ether oxygens (including phenoxy) is 2. The van der Waals surface area contributed by atoms with Crippen LogP contribution >= 0.6 is 0 Å². The van der Waals surface area contributed by atoms with Crippen LogP contribution in [0, 0.1) is 20.8 Å². The van der Waals surface area contributed by atoms with Crippen molar-refractivity contribution >= 4 is 23.1 Å². The third-order valence-electron chi connectivity index (χ3n) is 4.00. The molecule has 2 N–H and O–H groups in total. The van der Waals surface area contributed by atoms with Gasteiger partial charge in [0.15, 0.2) is 0 Å². The molecule has 0 unspecified atom stereocenters. The summed E-state index contributed by atoms with van der Waals surface area (Å²) in [6, 6.07) is 13.7. The highest BCUT2D eigenvalue weighted by atomic mass is 16.5. The van der Waals surface area contributed by atoms with Crippen LogP contribution in [0.2, 0.25) is 0 Å². The van der Waals surface area contributed by atoms with Gasteiger partial charge >= 0.3 is 0 Å². The Kier molecular flexibility index (Phi) is 5.45. The minimum absolute atomic E-state index is 0.480. The predicted molar refractivity (Wildman–Crippen MR) is 109 cm³/mol. The molecule has 0 amide bonds. The summed E-state index contributed by atoms with van der Waals surface area (Å²) in [5.74, 6) is 2.61. The molecule has 140 valence electrons. The van der Waals surface area contributed by atoms with E-state index in [9.17, 15) is 0 Å². The Morgan fingerprint density at radius 1 is 0.778 bits per heavy atom. The SMILES string of the molecule is COc1ccc(OC)c(Nc2nc(C)cc(Nc3cc(C)cc(C)c3)n2)c1. The van der Waals surface area contributed by atoms with E-state index in [0.29, 0.717) is 11.7 Å². The molecule has 0 aliphatic heterocycles. The summed E-state index contributed by atoms with van der Waals surface area (Å²) in [5.41, 5.74) is 4.97. The number of aryl methyl sites for hydroxylation is 3. The fourth-order valence-electron chi connectivity index (χ4n) is 2.92. The van der Waals surface area contributed by atoms with Gasteiger partial charge in [0.2, 0.25) is 5.95 Å². The molecule has 0 spiro atoms. The second-order valence-corrected chi connectivity index (χ2v) is 6.41. The molecule has 0 fully saturated rings. The molecule has 3 rings (SSSR count). The lowest BCUT2D eigenvalue weighted by Crippen LogP contribution is -2.04. The maximum absolute atomic E-state index is 5.41. The third kappa shape index (κ3) is 4.67. The first-order valence-corrected chi connectivity index (χ1v) is 8.67. The fraction of sp³-hybridized carbons (Fsp3) is 0.238. The van der Waals surface area contributed by atoms with Crippen molar-refractivity contribution < 1.29 is 9.47 Å². The molecule has 0 aliphatic carbocycles. The quantitative estimate of drug-likeness (QED) is 0.648. The van der Waals surface area contributed by atoms with Gasteiger partial charge in [0.25, 0.3) is 0 Å². The van der Waals surface area contributed by atoms with Gasteiger partial charge in [-0.3, -0.25) is 0 Å². The number of hydrogen-bond acceptors (Lipinski definition) is 6. The lowest BCUT2D eigenvalue weighted by molar-refractivity contribution is 0.405. The van der Waals surface area contributed by atoms with Gasteiger partial charge in [-0.15, -0.1) is 0 Å². The number of nitrogens with zero attached hydrogens (tertiary/aromatic N) is 2. The number of anilines is 4. The Hall–Kier alpha value is -3.28. The molecule has 3 aromatic rings. The van der Waals surface area contributed by atoms with Gasteiger partial charge in [-0.2, -0.15) is 4.98 Å². The van der Waals surface area contributed by atoms with Crippen molar-refractivity contribution in [1.82, 2.24) is 9.97 Å². The molecule has 0 saturated heterocycles. The monoisotopic (exact) mass is 364 g/mol. The van der Waals surface area contributed by atoms with Crippen molar-refractivity contribution in [3.05, 3.63) is 59.3 Å². The average molecular weight is 364 g/mol. The summed E-state index contributed by atoms with van der Waals surface area (Å²) in [6.45, 7) is 6.08. The van der Waals surface area contributed by atoms with Gasteiger partial charge in [0.1, 0.15) is 17.3 Å². The molecule has 1 heterocycles. The van der Waals surface area contributed by atoms with Crippen LogP contribution in [0.15, 0.2) is 42.5 Å². The number of benzene rings is 2. The summed E-state index contributed by atoms with van der Waals surface area (Å²) in [4.78, 5) is 9.06. The number of methoxy groups -OCH3 is 2. The second-order valence-electron chi connectivity index (χ2n) is 6.41. The highest BCUT2D eigenvalue weighted by Gasteiger charge is 2.09. The van der Waals surface area contributed by atoms with E-state index in [4.69, 9.17) is 9.47 Å². The van der Waals surface area contributed by atoms with Crippen molar-refractivity contribution in [1.29, 1.82) is 0 Å². The number of nitrogens with one attached hydrogen (secondary N) is 2. The molecule has 27 heavy (non-hydrogen) atoms. The molecular weight excluding hydrogens is 340 g/mol. The van der Waals surface area contributed by atoms with Crippen molar-refractivity contribution in [3.8, 4) is 11.5 Å². The third-order valence-corrected chi connectivity index (χ3v) is 4.00.